The minimum atomic E-state index is -1.12. The van der Waals surface area contributed by atoms with Crippen LogP contribution in [0.1, 0.15) is 5.56 Å². The maximum absolute atomic E-state index is 10.5. The van der Waals surface area contributed by atoms with E-state index in [1.54, 1.807) is 0 Å². The second kappa shape index (κ2) is 5.85. The number of benzene rings is 1. The zero-order valence-electron chi connectivity index (χ0n) is 8.11. The summed E-state index contributed by atoms with van der Waals surface area (Å²) < 4.78 is 1.02. The number of nitrogens with two attached hydrogens (primary N) is 1. The molecule has 0 aliphatic carbocycles. The molecule has 0 saturated heterocycles. The van der Waals surface area contributed by atoms with Gasteiger partial charge in [-0.1, -0.05) is 28.1 Å². The van der Waals surface area contributed by atoms with Gasteiger partial charge in [-0.25, -0.2) is 0 Å². The lowest BCUT2D eigenvalue weighted by atomic mass is 10.2. The average Bonchev–Trinajstić information content (AvgIpc) is 2.20. The minimum Gasteiger partial charge on any atom is -0.382 e. The molecule has 0 saturated carbocycles. The van der Waals surface area contributed by atoms with Crippen LogP contribution >= 0.6 is 15.9 Å². The van der Waals surface area contributed by atoms with Crippen LogP contribution in [0.5, 0.6) is 0 Å². The highest BCUT2D eigenvalue weighted by Gasteiger charge is 2.08. The Kier molecular flexibility index (Phi) is 4.74. The summed E-state index contributed by atoms with van der Waals surface area (Å²) in [4.78, 5) is 10.5. The van der Waals surface area contributed by atoms with Crippen LogP contribution in [0, 0.1) is 0 Å². The number of rotatable bonds is 5. The van der Waals surface area contributed by atoms with E-state index in [9.17, 15) is 4.79 Å². The number of amides is 1. The Labute approximate surface area is 96.6 Å². The van der Waals surface area contributed by atoms with E-state index in [1.807, 2.05) is 24.3 Å². The zero-order valence-corrected chi connectivity index (χ0v) is 9.70. The smallest absolute Gasteiger partial charge is 0.247 e. The van der Waals surface area contributed by atoms with Gasteiger partial charge in [0.2, 0.25) is 5.91 Å². The molecule has 1 atom stereocenters. The highest BCUT2D eigenvalue weighted by molar-refractivity contribution is 9.10. The summed E-state index contributed by atoms with van der Waals surface area (Å²) in [6.45, 7) is 0.767. The molecule has 1 amide bonds. The molecule has 82 valence electrons. The number of aliphatic hydroxyl groups is 1. The highest BCUT2D eigenvalue weighted by atomic mass is 79.9. The van der Waals surface area contributed by atoms with E-state index in [-0.39, 0.29) is 6.54 Å². The van der Waals surface area contributed by atoms with Crippen LogP contribution in [0.3, 0.4) is 0 Å². The van der Waals surface area contributed by atoms with Crippen molar-refractivity contribution in [1.82, 2.24) is 5.32 Å². The van der Waals surface area contributed by atoms with Gasteiger partial charge in [0.15, 0.2) is 0 Å². The fraction of sp³-hybridized carbons (Fsp3) is 0.300. The third kappa shape index (κ3) is 4.42. The Morgan fingerprint density at radius 3 is 2.60 bits per heavy atom. The predicted octanol–water partition coefficient (Wildman–Crippen LogP) is 0.385. The van der Waals surface area contributed by atoms with E-state index in [2.05, 4.69) is 21.2 Å². The van der Waals surface area contributed by atoms with Gasteiger partial charge in [0.25, 0.3) is 0 Å². The number of carbonyl (C=O) groups is 1. The van der Waals surface area contributed by atoms with Gasteiger partial charge in [0.05, 0.1) is 0 Å². The Morgan fingerprint density at radius 1 is 1.47 bits per heavy atom. The Balaban J connectivity index is 2.32. The first-order chi connectivity index (χ1) is 7.09. The summed E-state index contributed by atoms with van der Waals surface area (Å²) in [5, 5.41) is 12.0. The van der Waals surface area contributed by atoms with E-state index in [0.29, 0.717) is 6.54 Å². The van der Waals surface area contributed by atoms with Crippen LogP contribution < -0.4 is 11.1 Å². The van der Waals surface area contributed by atoms with Crippen molar-refractivity contribution in [3.8, 4) is 0 Å². The largest absolute Gasteiger partial charge is 0.382 e. The van der Waals surface area contributed by atoms with Crippen molar-refractivity contribution in [2.24, 2.45) is 5.73 Å². The van der Waals surface area contributed by atoms with Gasteiger partial charge in [0, 0.05) is 17.6 Å². The number of hydrogen-bond acceptors (Lipinski definition) is 3. The van der Waals surface area contributed by atoms with Gasteiger partial charge >= 0.3 is 0 Å². The summed E-state index contributed by atoms with van der Waals surface area (Å²) in [6, 6.07) is 7.77. The van der Waals surface area contributed by atoms with Crippen molar-refractivity contribution in [1.29, 1.82) is 0 Å². The highest BCUT2D eigenvalue weighted by Crippen LogP contribution is 2.09. The number of hydrogen-bond donors (Lipinski definition) is 3. The lowest BCUT2D eigenvalue weighted by Crippen LogP contribution is -2.37. The van der Waals surface area contributed by atoms with E-state index in [0.717, 1.165) is 10.0 Å². The third-order valence-electron chi connectivity index (χ3n) is 1.91. The summed E-state index contributed by atoms with van der Waals surface area (Å²) in [5.41, 5.74) is 5.98. The average molecular weight is 273 g/mol. The van der Waals surface area contributed by atoms with Crippen molar-refractivity contribution < 1.29 is 9.90 Å². The van der Waals surface area contributed by atoms with Crippen LogP contribution in [0.25, 0.3) is 0 Å². The number of halogens is 1. The molecule has 1 unspecified atom stereocenters. The Morgan fingerprint density at radius 2 is 2.07 bits per heavy atom. The van der Waals surface area contributed by atoms with Gasteiger partial charge < -0.3 is 16.2 Å². The van der Waals surface area contributed by atoms with Crippen LogP contribution in [-0.2, 0) is 11.3 Å². The molecule has 1 aromatic rings. The zero-order chi connectivity index (χ0) is 11.3. The first kappa shape index (κ1) is 12.2. The SMILES string of the molecule is NC(=O)C(O)CNCc1ccc(Br)cc1. The second-order valence-corrected chi connectivity index (χ2v) is 4.09. The van der Waals surface area contributed by atoms with Crippen LogP contribution in [0.2, 0.25) is 0 Å². The maximum Gasteiger partial charge on any atom is 0.247 e. The molecule has 0 bridgehead atoms. The Bertz CT molecular complexity index is 327. The van der Waals surface area contributed by atoms with Gasteiger partial charge in [-0.2, -0.15) is 0 Å². The van der Waals surface area contributed by atoms with Crippen molar-refractivity contribution in [3.05, 3.63) is 34.3 Å². The maximum atomic E-state index is 10.5. The van der Waals surface area contributed by atoms with E-state index in [4.69, 9.17) is 10.8 Å². The first-order valence-electron chi connectivity index (χ1n) is 4.52. The van der Waals surface area contributed by atoms with E-state index < -0.39 is 12.0 Å². The van der Waals surface area contributed by atoms with Crippen LogP contribution in [-0.4, -0.2) is 23.7 Å². The molecule has 4 nitrogen and oxygen atoms in total. The molecule has 4 N–H and O–H groups in total. The molecular weight excluding hydrogens is 260 g/mol. The number of aliphatic hydroxyl groups excluding tert-OH is 1. The summed E-state index contributed by atoms with van der Waals surface area (Å²) in [7, 11) is 0. The Hall–Kier alpha value is -0.910. The van der Waals surface area contributed by atoms with Gasteiger partial charge in [-0.05, 0) is 17.7 Å². The van der Waals surface area contributed by atoms with Crippen molar-refractivity contribution in [3.63, 3.8) is 0 Å². The molecule has 1 aromatic carbocycles. The molecule has 0 heterocycles. The normalized spacial score (nSPS) is 12.4. The molecule has 0 fully saturated rings. The predicted molar refractivity (Wildman–Crippen MR) is 61.0 cm³/mol. The fourth-order valence-electron chi connectivity index (χ4n) is 1.06. The lowest BCUT2D eigenvalue weighted by Gasteiger charge is -2.08. The number of carbonyl (C=O) groups excluding carboxylic acids is 1. The van der Waals surface area contributed by atoms with E-state index in [1.165, 1.54) is 0 Å². The standard InChI is InChI=1S/C10H13BrN2O2/c11-8-3-1-7(2-4-8)5-13-6-9(14)10(12)15/h1-4,9,13-14H,5-6H2,(H2,12,15). The van der Waals surface area contributed by atoms with Crippen molar-refractivity contribution >= 4 is 21.8 Å². The molecule has 1 rings (SSSR count). The van der Waals surface area contributed by atoms with Crippen LogP contribution in [0.4, 0.5) is 0 Å². The molecule has 0 spiro atoms. The second-order valence-electron chi connectivity index (χ2n) is 3.18. The molecule has 15 heavy (non-hydrogen) atoms. The monoisotopic (exact) mass is 272 g/mol. The first-order valence-corrected chi connectivity index (χ1v) is 5.31. The molecule has 0 aliphatic heterocycles. The molecule has 0 radical (unpaired) electrons. The van der Waals surface area contributed by atoms with Gasteiger partial charge in [-0.3, -0.25) is 4.79 Å². The fourth-order valence-corrected chi connectivity index (χ4v) is 1.32. The summed E-state index contributed by atoms with van der Waals surface area (Å²) in [5.74, 6) is -0.710. The topological polar surface area (TPSA) is 75.4 Å². The molecule has 0 aromatic heterocycles. The van der Waals surface area contributed by atoms with Gasteiger partial charge in [0.1, 0.15) is 6.10 Å². The molecular formula is C10H13BrN2O2. The number of primary amides is 1. The minimum absolute atomic E-state index is 0.172. The van der Waals surface area contributed by atoms with Crippen molar-refractivity contribution in [2.45, 2.75) is 12.6 Å². The third-order valence-corrected chi connectivity index (χ3v) is 2.44. The molecule has 0 aliphatic rings. The van der Waals surface area contributed by atoms with Crippen LogP contribution in [0.15, 0.2) is 28.7 Å². The quantitative estimate of drug-likeness (QED) is 0.726. The number of nitrogens with one attached hydrogen (secondary N) is 1. The molecule has 5 heteroatoms. The van der Waals surface area contributed by atoms with Gasteiger partial charge in [-0.15, -0.1) is 0 Å². The lowest BCUT2D eigenvalue weighted by molar-refractivity contribution is -0.125. The summed E-state index contributed by atoms with van der Waals surface area (Å²) in [6.07, 6.45) is -1.12. The summed E-state index contributed by atoms with van der Waals surface area (Å²) >= 11 is 3.33. The van der Waals surface area contributed by atoms with E-state index >= 15 is 0 Å². The van der Waals surface area contributed by atoms with Crippen molar-refractivity contribution in [2.75, 3.05) is 6.54 Å².